The maximum absolute atomic E-state index is 12.6. The van der Waals surface area contributed by atoms with Gasteiger partial charge < -0.3 is 9.47 Å². The normalized spacial score (nSPS) is 17.1. The van der Waals surface area contributed by atoms with Gasteiger partial charge in [-0.05, 0) is 31.2 Å². The average molecular weight is 367 g/mol. The molecule has 4 nitrogen and oxygen atoms in total. The Labute approximate surface area is 147 Å². The zero-order valence-electron chi connectivity index (χ0n) is 13.4. The molecule has 1 aliphatic rings. The highest BCUT2D eigenvalue weighted by molar-refractivity contribution is 7.91. The van der Waals surface area contributed by atoms with Crippen molar-refractivity contribution in [1.82, 2.24) is 0 Å². The summed E-state index contributed by atoms with van der Waals surface area (Å²) in [6, 6.07) is 14.0. The maximum atomic E-state index is 12.6. The number of sulfone groups is 1. The Kier molecular flexibility index (Phi) is 4.97. The third kappa shape index (κ3) is 3.64. The lowest BCUT2D eigenvalue weighted by atomic mass is 10.0. The highest BCUT2D eigenvalue weighted by atomic mass is 35.5. The molecule has 0 bridgehead atoms. The fraction of sp³-hybridized carbons (Fsp3) is 0.333. The van der Waals surface area contributed by atoms with Gasteiger partial charge in [0, 0.05) is 17.0 Å². The molecule has 0 amide bonds. The first kappa shape index (κ1) is 17.4. The number of aryl methyl sites for hydroxylation is 1. The van der Waals surface area contributed by atoms with E-state index >= 15 is 0 Å². The zero-order valence-corrected chi connectivity index (χ0v) is 14.9. The summed E-state index contributed by atoms with van der Waals surface area (Å²) in [7, 11) is -3.40. The smallest absolute Gasteiger partial charge is 0.195 e. The molecular formula is C18H19ClO4S. The van der Waals surface area contributed by atoms with E-state index in [2.05, 4.69) is 0 Å². The molecule has 1 saturated heterocycles. The minimum Gasteiger partial charge on any atom is -0.343 e. The van der Waals surface area contributed by atoms with Gasteiger partial charge in [0.25, 0.3) is 0 Å². The van der Waals surface area contributed by atoms with Gasteiger partial charge in [0.2, 0.25) is 0 Å². The highest BCUT2D eigenvalue weighted by Crippen LogP contribution is 2.36. The standard InChI is InChI=1S/C18H19ClO4S/c1-14-2-8-17(9-3-14)24(20,21)13-10-18(22-11-12-23-18)15-4-6-16(19)7-5-15/h2-9H,10-13H2,1H3. The van der Waals surface area contributed by atoms with E-state index in [9.17, 15) is 8.42 Å². The molecule has 1 fully saturated rings. The van der Waals surface area contributed by atoms with Crippen molar-refractivity contribution in [2.75, 3.05) is 19.0 Å². The number of halogens is 1. The van der Waals surface area contributed by atoms with Crippen LogP contribution in [0.4, 0.5) is 0 Å². The summed E-state index contributed by atoms with van der Waals surface area (Å²) >= 11 is 5.93. The molecule has 128 valence electrons. The molecule has 0 aromatic heterocycles. The first-order chi connectivity index (χ1) is 11.4. The monoisotopic (exact) mass is 366 g/mol. The van der Waals surface area contributed by atoms with Crippen molar-refractivity contribution in [2.45, 2.75) is 24.0 Å². The van der Waals surface area contributed by atoms with Crippen molar-refractivity contribution in [2.24, 2.45) is 0 Å². The molecule has 0 saturated carbocycles. The summed E-state index contributed by atoms with van der Waals surface area (Å²) < 4.78 is 36.8. The van der Waals surface area contributed by atoms with Crippen LogP contribution in [-0.4, -0.2) is 27.4 Å². The van der Waals surface area contributed by atoms with Crippen LogP contribution in [0.1, 0.15) is 17.5 Å². The molecule has 6 heteroatoms. The van der Waals surface area contributed by atoms with E-state index in [1.807, 2.05) is 19.1 Å². The molecule has 2 aromatic rings. The van der Waals surface area contributed by atoms with Crippen LogP contribution in [0.2, 0.25) is 5.02 Å². The molecule has 2 aromatic carbocycles. The van der Waals surface area contributed by atoms with Crippen LogP contribution >= 0.6 is 11.6 Å². The molecule has 1 aliphatic heterocycles. The van der Waals surface area contributed by atoms with Crippen LogP contribution in [0.3, 0.4) is 0 Å². The third-order valence-corrected chi connectivity index (χ3v) is 6.10. The first-order valence-electron chi connectivity index (χ1n) is 7.75. The van der Waals surface area contributed by atoms with Crippen molar-refractivity contribution in [1.29, 1.82) is 0 Å². The third-order valence-electron chi connectivity index (χ3n) is 4.12. The van der Waals surface area contributed by atoms with Crippen molar-refractivity contribution in [3.05, 3.63) is 64.7 Å². The number of benzene rings is 2. The largest absolute Gasteiger partial charge is 0.343 e. The van der Waals surface area contributed by atoms with Crippen LogP contribution < -0.4 is 0 Å². The van der Waals surface area contributed by atoms with Gasteiger partial charge in [-0.3, -0.25) is 0 Å². The molecule has 0 radical (unpaired) electrons. The predicted molar refractivity (Wildman–Crippen MR) is 92.9 cm³/mol. The second-order valence-corrected chi connectivity index (χ2v) is 8.38. The molecule has 0 spiro atoms. The summed E-state index contributed by atoms with van der Waals surface area (Å²) in [6.45, 7) is 2.80. The number of hydrogen-bond donors (Lipinski definition) is 0. The topological polar surface area (TPSA) is 52.6 Å². The molecule has 24 heavy (non-hydrogen) atoms. The van der Waals surface area contributed by atoms with E-state index in [0.29, 0.717) is 23.1 Å². The van der Waals surface area contributed by atoms with Gasteiger partial charge in [-0.1, -0.05) is 41.4 Å². The van der Waals surface area contributed by atoms with Gasteiger partial charge in [0.1, 0.15) is 0 Å². The molecule has 3 rings (SSSR count). The van der Waals surface area contributed by atoms with E-state index in [1.54, 1.807) is 36.4 Å². The minimum atomic E-state index is -3.40. The van der Waals surface area contributed by atoms with Crippen molar-refractivity contribution >= 4 is 21.4 Å². The molecule has 0 N–H and O–H groups in total. The SMILES string of the molecule is Cc1ccc(S(=O)(=O)CCC2(c3ccc(Cl)cc3)OCCO2)cc1. The Morgan fingerprint density at radius 1 is 1.00 bits per heavy atom. The quantitative estimate of drug-likeness (QED) is 0.809. The molecule has 0 atom stereocenters. The summed E-state index contributed by atoms with van der Waals surface area (Å²) in [5.74, 6) is -1.08. The highest BCUT2D eigenvalue weighted by Gasteiger charge is 2.39. The van der Waals surface area contributed by atoms with Gasteiger partial charge >= 0.3 is 0 Å². The van der Waals surface area contributed by atoms with E-state index in [0.717, 1.165) is 11.1 Å². The second-order valence-electron chi connectivity index (χ2n) is 5.84. The summed E-state index contributed by atoms with van der Waals surface area (Å²) in [4.78, 5) is 0.317. The second kappa shape index (κ2) is 6.84. The summed E-state index contributed by atoms with van der Waals surface area (Å²) in [5.41, 5.74) is 1.80. The lowest BCUT2D eigenvalue weighted by Gasteiger charge is -2.28. The number of rotatable bonds is 5. The Morgan fingerprint density at radius 2 is 1.58 bits per heavy atom. The fourth-order valence-corrected chi connectivity index (χ4v) is 4.20. The van der Waals surface area contributed by atoms with Crippen LogP contribution in [-0.2, 0) is 25.1 Å². The van der Waals surface area contributed by atoms with Gasteiger partial charge in [-0.25, -0.2) is 8.42 Å². The Bertz CT molecular complexity index is 792. The lowest BCUT2D eigenvalue weighted by Crippen LogP contribution is -2.30. The molecule has 0 aliphatic carbocycles. The summed E-state index contributed by atoms with van der Waals surface area (Å²) in [6.07, 6.45) is 0.227. The van der Waals surface area contributed by atoms with Gasteiger partial charge in [-0.2, -0.15) is 0 Å². The Morgan fingerprint density at radius 3 is 2.17 bits per heavy atom. The van der Waals surface area contributed by atoms with Crippen LogP contribution in [0, 0.1) is 6.92 Å². The Balaban J connectivity index is 1.82. The van der Waals surface area contributed by atoms with Gasteiger partial charge in [-0.15, -0.1) is 0 Å². The van der Waals surface area contributed by atoms with Crippen molar-refractivity contribution in [3.8, 4) is 0 Å². The van der Waals surface area contributed by atoms with E-state index < -0.39 is 15.6 Å². The zero-order chi connectivity index (χ0) is 17.2. The molecule has 0 unspecified atom stereocenters. The van der Waals surface area contributed by atoms with E-state index in [1.165, 1.54) is 0 Å². The van der Waals surface area contributed by atoms with Crippen molar-refractivity contribution < 1.29 is 17.9 Å². The van der Waals surface area contributed by atoms with Crippen molar-refractivity contribution in [3.63, 3.8) is 0 Å². The van der Waals surface area contributed by atoms with Crippen LogP contribution in [0.25, 0.3) is 0 Å². The maximum Gasteiger partial charge on any atom is 0.195 e. The van der Waals surface area contributed by atoms with E-state index in [-0.39, 0.29) is 12.2 Å². The van der Waals surface area contributed by atoms with E-state index in [4.69, 9.17) is 21.1 Å². The molecular weight excluding hydrogens is 348 g/mol. The number of hydrogen-bond acceptors (Lipinski definition) is 4. The Hall–Kier alpha value is -1.40. The first-order valence-corrected chi connectivity index (χ1v) is 9.78. The number of ether oxygens (including phenoxy) is 2. The minimum absolute atomic E-state index is 0.0569. The predicted octanol–water partition coefficient (Wildman–Crippen LogP) is 3.71. The fourth-order valence-electron chi connectivity index (χ4n) is 2.75. The van der Waals surface area contributed by atoms with Crippen LogP contribution in [0.5, 0.6) is 0 Å². The summed E-state index contributed by atoms with van der Waals surface area (Å²) in [5, 5.41) is 0.610. The molecule has 1 heterocycles. The van der Waals surface area contributed by atoms with Gasteiger partial charge in [0.05, 0.1) is 23.9 Å². The lowest BCUT2D eigenvalue weighted by molar-refractivity contribution is -0.166. The van der Waals surface area contributed by atoms with Gasteiger partial charge in [0.15, 0.2) is 15.6 Å². The van der Waals surface area contributed by atoms with Crippen LogP contribution in [0.15, 0.2) is 53.4 Å². The average Bonchev–Trinajstić information content (AvgIpc) is 3.04.